The Balaban J connectivity index is 1.54. The Hall–Kier alpha value is -2.97. The van der Waals surface area contributed by atoms with E-state index in [1.54, 1.807) is 12.4 Å². The average molecular weight is 405 g/mol. The third kappa shape index (κ3) is 3.94. The Bertz CT molecular complexity index is 992. The van der Waals surface area contributed by atoms with Crippen molar-refractivity contribution in [3.63, 3.8) is 0 Å². The lowest BCUT2D eigenvalue weighted by Crippen LogP contribution is -2.34. The summed E-state index contributed by atoms with van der Waals surface area (Å²) < 4.78 is 54.5. The van der Waals surface area contributed by atoms with Crippen LogP contribution in [-0.4, -0.2) is 32.6 Å². The van der Waals surface area contributed by atoms with E-state index in [9.17, 15) is 17.6 Å². The van der Waals surface area contributed by atoms with Crippen molar-refractivity contribution >= 4 is 5.82 Å². The van der Waals surface area contributed by atoms with Crippen LogP contribution < -0.4 is 4.90 Å². The van der Waals surface area contributed by atoms with Crippen LogP contribution in [0.5, 0.6) is 0 Å². The molecule has 1 saturated heterocycles. The molecule has 0 aliphatic carbocycles. The van der Waals surface area contributed by atoms with Gasteiger partial charge in [-0.25, -0.2) is 19.3 Å². The van der Waals surface area contributed by atoms with Gasteiger partial charge in [-0.2, -0.15) is 13.2 Å². The van der Waals surface area contributed by atoms with Crippen LogP contribution in [0.15, 0.2) is 43.0 Å². The third-order valence-electron chi connectivity index (χ3n) is 5.23. The molecule has 0 unspecified atom stereocenters. The molecule has 0 spiro atoms. The molecule has 3 aromatic rings. The SMILES string of the molecule is Cn1cc(-c2ccc(F)c(C(F)(F)F)c2)nc1C1CCN(c2ccncn2)CC1. The molecule has 0 saturated carbocycles. The van der Waals surface area contributed by atoms with E-state index in [1.807, 2.05) is 17.7 Å². The lowest BCUT2D eigenvalue weighted by molar-refractivity contribution is -0.139. The van der Waals surface area contributed by atoms with E-state index in [2.05, 4.69) is 19.9 Å². The highest BCUT2D eigenvalue weighted by Crippen LogP contribution is 2.35. The Kier molecular flexibility index (Phi) is 4.97. The predicted octanol–water partition coefficient (Wildman–Crippen LogP) is 4.42. The fourth-order valence-electron chi connectivity index (χ4n) is 3.74. The molecule has 29 heavy (non-hydrogen) atoms. The minimum atomic E-state index is -4.74. The van der Waals surface area contributed by atoms with Crippen LogP contribution in [0, 0.1) is 5.82 Å². The predicted molar refractivity (Wildman–Crippen MR) is 99.8 cm³/mol. The van der Waals surface area contributed by atoms with E-state index in [1.165, 1.54) is 12.4 Å². The minimum absolute atomic E-state index is 0.189. The molecule has 0 atom stereocenters. The van der Waals surface area contributed by atoms with Gasteiger partial charge in [0.1, 0.15) is 23.8 Å². The highest BCUT2D eigenvalue weighted by atomic mass is 19.4. The molecule has 5 nitrogen and oxygen atoms in total. The molecule has 2 aromatic heterocycles. The first-order chi connectivity index (χ1) is 13.8. The second-order valence-corrected chi connectivity index (χ2v) is 7.12. The van der Waals surface area contributed by atoms with Crippen molar-refractivity contribution in [1.82, 2.24) is 19.5 Å². The third-order valence-corrected chi connectivity index (χ3v) is 5.23. The van der Waals surface area contributed by atoms with E-state index in [-0.39, 0.29) is 11.5 Å². The van der Waals surface area contributed by atoms with E-state index >= 15 is 0 Å². The van der Waals surface area contributed by atoms with E-state index in [0.717, 1.165) is 49.7 Å². The fourth-order valence-corrected chi connectivity index (χ4v) is 3.74. The molecule has 152 valence electrons. The molecule has 1 aromatic carbocycles. The summed E-state index contributed by atoms with van der Waals surface area (Å²) in [4.78, 5) is 15.0. The van der Waals surface area contributed by atoms with E-state index in [4.69, 9.17) is 0 Å². The number of rotatable bonds is 3. The first kappa shape index (κ1) is 19.4. The molecule has 1 aliphatic rings. The summed E-state index contributed by atoms with van der Waals surface area (Å²) in [6.45, 7) is 1.61. The van der Waals surface area contributed by atoms with Crippen molar-refractivity contribution in [3.8, 4) is 11.3 Å². The van der Waals surface area contributed by atoms with Crippen LogP contribution in [0.4, 0.5) is 23.4 Å². The number of imidazole rings is 1. The zero-order valence-electron chi connectivity index (χ0n) is 15.7. The molecule has 0 amide bonds. The van der Waals surface area contributed by atoms with Crippen LogP contribution in [0.2, 0.25) is 0 Å². The number of hydrogen-bond acceptors (Lipinski definition) is 4. The Morgan fingerprint density at radius 1 is 1.10 bits per heavy atom. The number of halogens is 4. The fraction of sp³-hybridized carbons (Fsp3) is 0.350. The highest BCUT2D eigenvalue weighted by molar-refractivity contribution is 5.60. The summed E-state index contributed by atoms with van der Waals surface area (Å²) in [6.07, 6.45) is 1.88. The van der Waals surface area contributed by atoms with Crippen LogP contribution in [-0.2, 0) is 13.2 Å². The van der Waals surface area contributed by atoms with Crippen molar-refractivity contribution in [1.29, 1.82) is 0 Å². The topological polar surface area (TPSA) is 46.8 Å². The van der Waals surface area contributed by atoms with Gasteiger partial charge in [0, 0.05) is 44.0 Å². The molecule has 1 fully saturated rings. The molecular weight excluding hydrogens is 386 g/mol. The van der Waals surface area contributed by atoms with Crippen LogP contribution in [0.25, 0.3) is 11.3 Å². The monoisotopic (exact) mass is 405 g/mol. The number of alkyl halides is 3. The number of piperidine rings is 1. The lowest BCUT2D eigenvalue weighted by atomic mass is 9.96. The number of benzene rings is 1. The minimum Gasteiger partial charge on any atom is -0.356 e. The molecule has 0 radical (unpaired) electrons. The van der Waals surface area contributed by atoms with Crippen LogP contribution in [0.1, 0.15) is 30.1 Å². The number of anilines is 1. The van der Waals surface area contributed by atoms with Crippen molar-refractivity contribution < 1.29 is 17.6 Å². The largest absolute Gasteiger partial charge is 0.419 e. The van der Waals surface area contributed by atoms with Gasteiger partial charge in [-0.1, -0.05) is 0 Å². The first-order valence-electron chi connectivity index (χ1n) is 9.24. The summed E-state index contributed by atoms with van der Waals surface area (Å²) in [5.41, 5.74) is -0.620. The van der Waals surface area contributed by atoms with Crippen molar-refractivity contribution in [2.24, 2.45) is 7.05 Å². The van der Waals surface area contributed by atoms with Gasteiger partial charge < -0.3 is 9.47 Å². The number of hydrogen-bond donors (Lipinski definition) is 0. The normalized spacial score (nSPS) is 15.7. The summed E-state index contributed by atoms with van der Waals surface area (Å²) in [6, 6.07) is 4.85. The summed E-state index contributed by atoms with van der Waals surface area (Å²) in [5, 5.41) is 0. The van der Waals surface area contributed by atoms with Crippen LogP contribution >= 0.6 is 0 Å². The molecule has 0 bridgehead atoms. The van der Waals surface area contributed by atoms with Gasteiger partial charge in [-0.3, -0.25) is 0 Å². The molecule has 9 heteroatoms. The summed E-state index contributed by atoms with van der Waals surface area (Å²) in [5.74, 6) is 0.606. The van der Waals surface area contributed by atoms with Gasteiger partial charge in [0.25, 0.3) is 0 Å². The number of nitrogens with zero attached hydrogens (tertiary/aromatic N) is 5. The Morgan fingerprint density at radius 3 is 2.52 bits per heavy atom. The summed E-state index contributed by atoms with van der Waals surface area (Å²) >= 11 is 0. The van der Waals surface area contributed by atoms with Crippen molar-refractivity contribution in [3.05, 3.63) is 60.2 Å². The maximum atomic E-state index is 13.6. The molecular formula is C20H19F4N5. The maximum Gasteiger partial charge on any atom is 0.419 e. The first-order valence-corrected chi connectivity index (χ1v) is 9.24. The molecule has 3 heterocycles. The van der Waals surface area contributed by atoms with Crippen LogP contribution in [0.3, 0.4) is 0 Å². The van der Waals surface area contributed by atoms with Gasteiger partial charge >= 0.3 is 6.18 Å². The lowest BCUT2D eigenvalue weighted by Gasteiger charge is -2.32. The van der Waals surface area contributed by atoms with E-state index < -0.39 is 17.6 Å². The van der Waals surface area contributed by atoms with Gasteiger partial charge in [0.2, 0.25) is 0 Å². The second kappa shape index (κ2) is 7.46. The number of aromatic nitrogens is 4. The van der Waals surface area contributed by atoms with Gasteiger partial charge in [0.15, 0.2) is 0 Å². The molecule has 0 N–H and O–H groups in total. The smallest absolute Gasteiger partial charge is 0.356 e. The summed E-state index contributed by atoms with van der Waals surface area (Å²) in [7, 11) is 1.83. The maximum absolute atomic E-state index is 13.6. The van der Waals surface area contributed by atoms with Gasteiger partial charge in [0.05, 0.1) is 11.3 Å². The second-order valence-electron chi connectivity index (χ2n) is 7.12. The highest BCUT2D eigenvalue weighted by Gasteiger charge is 2.34. The number of aryl methyl sites for hydroxylation is 1. The van der Waals surface area contributed by atoms with Gasteiger partial charge in [-0.05, 0) is 37.1 Å². The Morgan fingerprint density at radius 2 is 1.86 bits per heavy atom. The van der Waals surface area contributed by atoms with Crippen molar-refractivity contribution in [2.45, 2.75) is 24.9 Å². The zero-order valence-corrected chi connectivity index (χ0v) is 15.7. The quantitative estimate of drug-likeness (QED) is 0.606. The zero-order chi connectivity index (χ0) is 20.6. The molecule has 4 rings (SSSR count). The Labute approximate surface area is 165 Å². The van der Waals surface area contributed by atoms with Crippen molar-refractivity contribution in [2.75, 3.05) is 18.0 Å². The van der Waals surface area contributed by atoms with Gasteiger partial charge in [-0.15, -0.1) is 0 Å². The standard InChI is InChI=1S/C20H19F4N5/c1-28-11-17(14-2-3-16(21)15(10-14)20(22,23)24)27-19(28)13-5-8-29(9-6-13)18-4-7-25-12-26-18/h2-4,7,10-13H,5-6,8-9H2,1H3. The average Bonchev–Trinajstić information content (AvgIpc) is 3.10. The molecule has 1 aliphatic heterocycles. The van der Waals surface area contributed by atoms with E-state index in [0.29, 0.717) is 5.69 Å².